The van der Waals surface area contributed by atoms with Gasteiger partial charge in [0.05, 0.1) is 13.1 Å². The molecule has 1 N–H and O–H groups in total. The third-order valence-corrected chi connectivity index (χ3v) is 5.94. The van der Waals surface area contributed by atoms with Crippen molar-refractivity contribution < 1.29 is 4.39 Å². The Morgan fingerprint density at radius 2 is 1.71 bits per heavy atom. The molecule has 0 saturated heterocycles. The Morgan fingerprint density at radius 1 is 0.914 bits per heavy atom. The van der Waals surface area contributed by atoms with Gasteiger partial charge in [0.2, 0.25) is 0 Å². The van der Waals surface area contributed by atoms with Gasteiger partial charge in [-0.3, -0.25) is 9.69 Å². The maximum Gasteiger partial charge on any atom is 0.252 e. The molecule has 0 aliphatic heterocycles. The standard InChI is InChI=1S/C27H25FN6O/c1-19-7-10-22-14-23(27(35)29-25(22)13-19)17-33(15-20-5-3-2-4-6-20)18-26-30-31-32-34(26)16-21-8-11-24(28)12-9-21/h2-14H,15-18H2,1H3,(H,29,35). The van der Waals surface area contributed by atoms with Gasteiger partial charge in [-0.05, 0) is 63.7 Å². The van der Waals surface area contributed by atoms with Gasteiger partial charge in [-0.15, -0.1) is 5.10 Å². The molecule has 0 spiro atoms. The molecule has 0 saturated carbocycles. The van der Waals surface area contributed by atoms with E-state index in [1.165, 1.54) is 12.1 Å². The molecule has 3 aromatic carbocycles. The largest absolute Gasteiger partial charge is 0.322 e. The molecule has 176 valence electrons. The Kier molecular flexibility index (Phi) is 6.45. The summed E-state index contributed by atoms with van der Waals surface area (Å²) in [4.78, 5) is 18.1. The highest BCUT2D eigenvalue weighted by atomic mass is 19.1. The molecule has 2 heterocycles. The number of nitrogens with one attached hydrogen (secondary N) is 1. The van der Waals surface area contributed by atoms with E-state index in [-0.39, 0.29) is 11.4 Å². The molecule has 2 aromatic heterocycles. The van der Waals surface area contributed by atoms with Crippen LogP contribution >= 0.6 is 0 Å². The smallest absolute Gasteiger partial charge is 0.252 e. The van der Waals surface area contributed by atoms with Crippen LogP contribution in [0.5, 0.6) is 0 Å². The zero-order valence-electron chi connectivity index (χ0n) is 19.4. The van der Waals surface area contributed by atoms with E-state index in [1.807, 2.05) is 49.4 Å². The fourth-order valence-corrected chi connectivity index (χ4v) is 4.15. The number of hydrogen-bond donors (Lipinski definition) is 1. The van der Waals surface area contributed by atoms with Crippen molar-refractivity contribution in [2.75, 3.05) is 0 Å². The summed E-state index contributed by atoms with van der Waals surface area (Å²) >= 11 is 0. The first-order valence-electron chi connectivity index (χ1n) is 11.4. The molecule has 0 aliphatic rings. The molecule has 5 aromatic rings. The lowest BCUT2D eigenvalue weighted by atomic mass is 10.1. The fraction of sp³-hybridized carbons (Fsp3) is 0.185. The summed E-state index contributed by atoms with van der Waals surface area (Å²) in [7, 11) is 0. The minimum Gasteiger partial charge on any atom is -0.322 e. The van der Waals surface area contributed by atoms with E-state index in [0.29, 0.717) is 37.6 Å². The Hall–Kier alpha value is -4.17. The molecular weight excluding hydrogens is 443 g/mol. The zero-order chi connectivity index (χ0) is 24.2. The van der Waals surface area contributed by atoms with E-state index in [9.17, 15) is 9.18 Å². The predicted molar refractivity (Wildman–Crippen MR) is 132 cm³/mol. The molecule has 0 fully saturated rings. The van der Waals surface area contributed by atoms with E-state index >= 15 is 0 Å². The van der Waals surface area contributed by atoms with Crippen molar-refractivity contribution in [1.29, 1.82) is 0 Å². The van der Waals surface area contributed by atoms with Crippen LogP contribution in [-0.2, 0) is 26.2 Å². The molecule has 0 unspecified atom stereocenters. The highest BCUT2D eigenvalue weighted by Crippen LogP contribution is 2.17. The average molecular weight is 469 g/mol. The van der Waals surface area contributed by atoms with E-state index in [4.69, 9.17) is 0 Å². The highest BCUT2D eigenvalue weighted by molar-refractivity contribution is 5.79. The van der Waals surface area contributed by atoms with Crippen LogP contribution < -0.4 is 5.56 Å². The van der Waals surface area contributed by atoms with Crippen LogP contribution in [0.25, 0.3) is 10.9 Å². The number of hydrogen-bond acceptors (Lipinski definition) is 5. The number of pyridine rings is 1. The van der Waals surface area contributed by atoms with Gasteiger partial charge in [0.25, 0.3) is 5.56 Å². The highest BCUT2D eigenvalue weighted by Gasteiger charge is 2.16. The number of fused-ring (bicyclic) bond motifs is 1. The van der Waals surface area contributed by atoms with Crippen LogP contribution in [0.15, 0.2) is 83.7 Å². The summed E-state index contributed by atoms with van der Waals surface area (Å²) in [5, 5.41) is 13.2. The van der Waals surface area contributed by atoms with Crippen LogP contribution in [0.3, 0.4) is 0 Å². The molecule has 7 nitrogen and oxygen atoms in total. The van der Waals surface area contributed by atoms with Gasteiger partial charge in [-0.1, -0.05) is 54.6 Å². The zero-order valence-corrected chi connectivity index (χ0v) is 19.4. The first-order chi connectivity index (χ1) is 17.0. The summed E-state index contributed by atoms with van der Waals surface area (Å²) in [5.41, 5.74) is 4.52. The molecule has 8 heteroatoms. The Labute approximate surface area is 201 Å². The average Bonchev–Trinajstić information content (AvgIpc) is 3.28. The van der Waals surface area contributed by atoms with Crippen molar-refractivity contribution >= 4 is 10.9 Å². The van der Waals surface area contributed by atoms with Crippen molar-refractivity contribution in [2.45, 2.75) is 33.1 Å². The number of benzene rings is 3. The third-order valence-electron chi connectivity index (χ3n) is 5.94. The number of nitrogens with zero attached hydrogens (tertiary/aromatic N) is 5. The van der Waals surface area contributed by atoms with Crippen molar-refractivity contribution in [3.05, 3.63) is 123 Å². The molecular formula is C27H25FN6O. The number of tetrazole rings is 1. The first kappa shape index (κ1) is 22.6. The second-order valence-electron chi connectivity index (χ2n) is 8.72. The van der Waals surface area contributed by atoms with Crippen molar-refractivity contribution in [1.82, 2.24) is 30.1 Å². The van der Waals surface area contributed by atoms with Gasteiger partial charge in [-0.2, -0.15) is 0 Å². The van der Waals surface area contributed by atoms with Gasteiger partial charge in [-0.25, -0.2) is 9.07 Å². The van der Waals surface area contributed by atoms with Crippen LogP contribution in [0.2, 0.25) is 0 Å². The number of rotatable bonds is 8. The van der Waals surface area contributed by atoms with Crippen LogP contribution in [0.1, 0.15) is 28.1 Å². The summed E-state index contributed by atoms with van der Waals surface area (Å²) in [6, 6.07) is 24.4. The molecule has 0 aliphatic carbocycles. The summed E-state index contributed by atoms with van der Waals surface area (Å²) in [5.74, 6) is 0.383. The Bertz CT molecular complexity index is 1490. The lowest BCUT2D eigenvalue weighted by Crippen LogP contribution is -2.28. The predicted octanol–water partition coefficient (Wildman–Crippen LogP) is 4.21. The normalized spacial score (nSPS) is 11.4. The van der Waals surface area contributed by atoms with Gasteiger partial charge in [0.15, 0.2) is 5.82 Å². The minimum absolute atomic E-state index is 0.105. The lowest BCUT2D eigenvalue weighted by molar-refractivity contribution is 0.236. The van der Waals surface area contributed by atoms with Crippen LogP contribution in [0, 0.1) is 12.7 Å². The Morgan fingerprint density at radius 3 is 2.51 bits per heavy atom. The molecule has 35 heavy (non-hydrogen) atoms. The number of aromatic amines is 1. The molecule has 0 bridgehead atoms. The van der Waals surface area contributed by atoms with Crippen LogP contribution in [-0.4, -0.2) is 30.1 Å². The maximum atomic E-state index is 13.3. The van der Waals surface area contributed by atoms with E-state index in [2.05, 4.69) is 37.5 Å². The third kappa shape index (κ3) is 5.50. The van der Waals surface area contributed by atoms with Gasteiger partial charge >= 0.3 is 0 Å². The summed E-state index contributed by atoms with van der Waals surface area (Å²) in [6.45, 7) is 3.92. The monoisotopic (exact) mass is 468 g/mol. The summed E-state index contributed by atoms with van der Waals surface area (Å²) in [6.07, 6.45) is 0. The van der Waals surface area contributed by atoms with E-state index in [0.717, 1.165) is 27.6 Å². The first-order valence-corrected chi connectivity index (χ1v) is 11.4. The number of aromatic nitrogens is 5. The van der Waals surface area contributed by atoms with Crippen LogP contribution in [0.4, 0.5) is 4.39 Å². The van der Waals surface area contributed by atoms with Gasteiger partial charge in [0, 0.05) is 24.2 Å². The molecule has 0 amide bonds. The second-order valence-corrected chi connectivity index (χ2v) is 8.72. The van der Waals surface area contributed by atoms with Crippen molar-refractivity contribution in [3.8, 4) is 0 Å². The van der Waals surface area contributed by atoms with Gasteiger partial charge in [0.1, 0.15) is 5.82 Å². The molecule has 5 rings (SSSR count). The van der Waals surface area contributed by atoms with E-state index in [1.54, 1.807) is 16.8 Å². The SMILES string of the molecule is Cc1ccc2cc(CN(Cc3ccccc3)Cc3nnnn3Cc3ccc(F)cc3)c(=O)[nH]c2c1. The van der Waals surface area contributed by atoms with E-state index < -0.39 is 0 Å². The number of aryl methyl sites for hydroxylation is 1. The topological polar surface area (TPSA) is 79.7 Å². The number of H-pyrrole nitrogens is 1. The molecule has 0 atom stereocenters. The van der Waals surface area contributed by atoms with Crippen molar-refractivity contribution in [2.24, 2.45) is 0 Å². The summed E-state index contributed by atoms with van der Waals surface area (Å²) < 4.78 is 15.0. The number of halogens is 1. The van der Waals surface area contributed by atoms with Gasteiger partial charge < -0.3 is 4.98 Å². The Balaban J connectivity index is 1.43. The fourth-order valence-electron chi connectivity index (χ4n) is 4.15. The minimum atomic E-state index is -0.282. The quantitative estimate of drug-likeness (QED) is 0.369. The van der Waals surface area contributed by atoms with Crippen molar-refractivity contribution in [3.63, 3.8) is 0 Å². The molecule has 0 radical (unpaired) electrons. The lowest BCUT2D eigenvalue weighted by Gasteiger charge is -2.22. The second kappa shape index (κ2) is 9.99. The maximum absolute atomic E-state index is 13.3.